The van der Waals surface area contributed by atoms with E-state index >= 15 is 0 Å². The topological polar surface area (TPSA) is 82.1 Å². The highest BCUT2D eigenvalue weighted by molar-refractivity contribution is 6.13. The third kappa shape index (κ3) is 3.35. The summed E-state index contributed by atoms with van der Waals surface area (Å²) < 4.78 is 15.6. The molecule has 26 heavy (non-hydrogen) atoms. The van der Waals surface area contributed by atoms with E-state index in [0.717, 1.165) is 5.56 Å². The second-order valence-corrected chi connectivity index (χ2v) is 5.89. The summed E-state index contributed by atoms with van der Waals surface area (Å²) in [6, 6.07) is 8.31. The minimum Gasteiger partial charge on any atom is -0.507 e. The van der Waals surface area contributed by atoms with Crippen molar-refractivity contribution >= 4 is 11.8 Å². The van der Waals surface area contributed by atoms with Crippen molar-refractivity contribution in [1.82, 2.24) is 0 Å². The Morgan fingerprint density at radius 2 is 1.96 bits per heavy atom. The smallest absolute Gasteiger partial charge is 0.310 e. The van der Waals surface area contributed by atoms with Gasteiger partial charge >= 0.3 is 5.97 Å². The molecular weight excluding hydrogens is 336 g/mol. The molecule has 2 aromatic carbocycles. The molecule has 1 N–H and O–H groups in total. The average molecular weight is 356 g/mol. The van der Waals surface area contributed by atoms with Gasteiger partial charge in [-0.25, -0.2) is 0 Å². The third-order valence-corrected chi connectivity index (χ3v) is 4.25. The van der Waals surface area contributed by atoms with Gasteiger partial charge in [0.15, 0.2) is 0 Å². The van der Waals surface area contributed by atoms with Crippen LogP contribution in [0.15, 0.2) is 30.3 Å². The van der Waals surface area contributed by atoms with E-state index in [9.17, 15) is 14.7 Å². The van der Waals surface area contributed by atoms with Crippen molar-refractivity contribution in [3.05, 3.63) is 52.6 Å². The zero-order chi connectivity index (χ0) is 18.7. The number of ketones is 1. The molecule has 0 spiro atoms. The van der Waals surface area contributed by atoms with Crippen LogP contribution in [0, 0.1) is 0 Å². The van der Waals surface area contributed by atoms with Crippen LogP contribution < -0.4 is 9.47 Å². The Balaban J connectivity index is 2.03. The number of hydrogen-bond donors (Lipinski definition) is 1. The van der Waals surface area contributed by atoms with Crippen molar-refractivity contribution in [2.75, 3.05) is 20.3 Å². The predicted molar refractivity (Wildman–Crippen MR) is 94.1 cm³/mol. The maximum atomic E-state index is 13.0. The molecule has 0 atom stereocenters. The molecule has 0 radical (unpaired) electrons. The van der Waals surface area contributed by atoms with Crippen LogP contribution in [0.25, 0.3) is 0 Å². The Kier molecular flexibility index (Phi) is 5.11. The van der Waals surface area contributed by atoms with E-state index in [1.807, 2.05) is 0 Å². The number of aromatic hydroxyl groups is 1. The minimum absolute atomic E-state index is 0.0875. The molecule has 3 rings (SSSR count). The number of carbonyl (C=O) groups is 2. The SMILES string of the molecule is CCOC(=O)Cc1cc2c(c(C(=O)c3ccc(OC)cc3)c1O)OCC2. The van der Waals surface area contributed by atoms with Gasteiger partial charge in [-0.15, -0.1) is 0 Å². The van der Waals surface area contributed by atoms with Crippen LogP contribution in [0.4, 0.5) is 0 Å². The molecule has 0 fully saturated rings. The number of phenolic OH excluding ortho intramolecular Hbond substituents is 1. The standard InChI is InChI=1S/C20H20O6/c1-3-25-16(21)11-14-10-13-8-9-26-20(13)17(19(14)23)18(22)12-4-6-15(24-2)7-5-12/h4-7,10,23H,3,8-9,11H2,1-2H3. The maximum Gasteiger partial charge on any atom is 0.310 e. The van der Waals surface area contributed by atoms with Crippen LogP contribution in [0.2, 0.25) is 0 Å². The lowest BCUT2D eigenvalue weighted by atomic mass is 9.94. The van der Waals surface area contributed by atoms with Gasteiger partial charge in [-0.3, -0.25) is 9.59 Å². The largest absolute Gasteiger partial charge is 0.507 e. The first kappa shape index (κ1) is 17.8. The fraction of sp³-hybridized carbons (Fsp3) is 0.300. The van der Waals surface area contributed by atoms with Crippen LogP contribution in [0.1, 0.15) is 34.0 Å². The van der Waals surface area contributed by atoms with Crippen molar-refractivity contribution in [2.24, 2.45) is 0 Å². The summed E-state index contributed by atoms with van der Waals surface area (Å²) in [5, 5.41) is 10.7. The van der Waals surface area contributed by atoms with Gasteiger partial charge in [0.05, 0.1) is 26.7 Å². The second kappa shape index (κ2) is 7.47. The fourth-order valence-corrected chi connectivity index (χ4v) is 2.99. The molecule has 0 unspecified atom stereocenters. The van der Waals surface area contributed by atoms with Gasteiger partial charge in [0.25, 0.3) is 0 Å². The lowest BCUT2D eigenvalue weighted by Crippen LogP contribution is -2.10. The van der Waals surface area contributed by atoms with Crippen molar-refractivity contribution in [1.29, 1.82) is 0 Å². The van der Waals surface area contributed by atoms with E-state index in [1.165, 1.54) is 0 Å². The number of fused-ring (bicyclic) bond motifs is 1. The second-order valence-electron chi connectivity index (χ2n) is 5.89. The molecule has 2 aromatic rings. The van der Waals surface area contributed by atoms with E-state index < -0.39 is 5.97 Å². The number of hydrogen-bond acceptors (Lipinski definition) is 6. The molecule has 0 aromatic heterocycles. The number of methoxy groups -OCH3 is 1. The molecule has 1 aliphatic rings. The summed E-state index contributed by atoms with van der Waals surface area (Å²) in [6.07, 6.45) is 0.518. The normalized spacial score (nSPS) is 12.2. The molecule has 0 saturated carbocycles. The number of benzene rings is 2. The fourth-order valence-electron chi connectivity index (χ4n) is 2.99. The minimum atomic E-state index is -0.454. The Labute approximate surface area is 151 Å². The Hall–Kier alpha value is -3.02. The molecule has 0 aliphatic carbocycles. The molecule has 136 valence electrons. The average Bonchev–Trinajstić information content (AvgIpc) is 3.10. The van der Waals surface area contributed by atoms with Gasteiger partial charge in [0, 0.05) is 17.5 Å². The molecule has 6 nitrogen and oxygen atoms in total. The lowest BCUT2D eigenvalue weighted by Gasteiger charge is -2.14. The van der Waals surface area contributed by atoms with Gasteiger partial charge < -0.3 is 19.3 Å². The first-order valence-electron chi connectivity index (χ1n) is 8.40. The first-order valence-corrected chi connectivity index (χ1v) is 8.40. The van der Waals surface area contributed by atoms with E-state index in [-0.39, 0.29) is 30.1 Å². The summed E-state index contributed by atoms with van der Waals surface area (Å²) >= 11 is 0. The van der Waals surface area contributed by atoms with Crippen molar-refractivity contribution in [3.8, 4) is 17.2 Å². The van der Waals surface area contributed by atoms with Crippen LogP contribution in [0.3, 0.4) is 0 Å². The van der Waals surface area contributed by atoms with E-state index in [2.05, 4.69) is 0 Å². The summed E-state index contributed by atoms with van der Waals surface area (Å²) in [5.41, 5.74) is 1.65. The zero-order valence-corrected chi connectivity index (χ0v) is 14.7. The van der Waals surface area contributed by atoms with Crippen LogP contribution in [0.5, 0.6) is 17.2 Å². The van der Waals surface area contributed by atoms with E-state index in [4.69, 9.17) is 14.2 Å². The van der Waals surface area contributed by atoms with Crippen molar-refractivity contribution in [2.45, 2.75) is 19.8 Å². The van der Waals surface area contributed by atoms with Gasteiger partial charge in [-0.05, 0) is 42.8 Å². The lowest BCUT2D eigenvalue weighted by molar-refractivity contribution is -0.142. The van der Waals surface area contributed by atoms with Gasteiger partial charge in [0.2, 0.25) is 5.78 Å². The molecule has 0 saturated heterocycles. The molecule has 1 aliphatic heterocycles. The number of rotatable bonds is 6. The third-order valence-electron chi connectivity index (χ3n) is 4.25. The zero-order valence-electron chi connectivity index (χ0n) is 14.7. The number of phenols is 1. The molecule has 1 heterocycles. The van der Waals surface area contributed by atoms with Crippen LogP contribution in [-0.4, -0.2) is 37.2 Å². The van der Waals surface area contributed by atoms with Gasteiger partial charge in [-0.2, -0.15) is 0 Å². The van der Waals surface area contributed by atoms with Crippen molar-refractivity contribution < 1.29 is 28.9 Å². The predicted octanol–water partition coefficient (Wildman–Crippen LogP) is 2.67. The Morgan fingerprint density at radius 3 is 2.62 bits per heavy atom. The summed E-state index contributed by atoms with van der Waals surface area (Å²) in [5.74, 6) is -0.0442. The molecule has 6 heteroatoms. The highest BCUT2D eigenvalue weighted by Crippen LogP contribution is 2.40. The Morgan fingerprint density at radius 1 is 1.23 bits per heavy atom. The number of carbonyl (C=O) groups excluding carboxylic acids is 2. The highest BCUT2D eigenvalue weighted by Gasteiger charge is 2.28. The van der Waals surface area contributed by atoms with Gasteiger partial charge in [-0.1, -0.05) is 0 Å². The quantitative estimate of drug-likeness (QED) is 0.633. The monoisotopic (exact) mass is 356 g/mol. The maximum absolute atomic E-state index is 13.0. The van der Waals surface area contributed by atoms with Crippen molar-refractivity contribution in [3.63, 3.8) is 0 Å². The summed E-state index contributed by atoms with van der Waals surface area (Å²) in [7, 11) is 1.54. The molecular formula is C20H20O6. The first-order chi connectivity index (χ1) is 12.5. The molecule has 0 amide bonds. The summed E-state index contributed by atoms with van der Waals surface area (Å²) in [4.78, 5) is 24.8. The Bertz CT molecular complexity index is 838. The van der Waals surface area contributed by atoms with E-state index in [0.29, 0.717) is 35.7 Å². The summed E-state index contributed by atoms with van der Waals surface area (Å²) in [6.45, 7) is 2.40. The van der Waals surface area contributed by atoms with Gasteiger partial charge in [0.1, 0.15) is 22.8 Å². The number of ether oxygens (including phenoxy) is 3. The van der Waals surface area contributed by atoms with Crippen LogP contribution in [-0.2, 0) is 22.4 Å². The van der Waals surface area contributed by atoms with Crippen LogP contribution >= 0.6 is 0 Å². The number of esters is 1. The highest BCUT2D eigenvalue weighted by atomic mass is 16.5. The van der Waals surface area contributed by atoms with E-state index in [1.54, 1.807) is 44.4 Å². The molecule has 0 bridgehead atoms.